The van der Waals surface area contributed by atoms with E-state index >= 15 is 0 Å². The first kappa shape index (κ1) is 24.8. The van der Waals surface area contributed by atoms with Gasteiger partial charge in [0, 0.05) is 31.4 Å². The molecule has 2 aromatic rings. The molecule has 1 saturated carbocycles. The van der Waals surface area contributed by atoms with Gasteiger partial charge in [0.05, 0.1) is 10.8 Å². The van der Waals surface area contributed by atoms with Gasteiger partial charge in [-0.2, -0.15) is 4.31 Å². The number of rotatable bonds is 7. The molecule has 1 aliphatic carbocycles. The summed E-state index contributed by atoms with van der Waals surface area (Å²) in [7, 11) is -1.63. The summed E-state index contributed by atoms with van der Waals surface area (Å²) in [5.41, 5.74) is 1.85. The molecule has 0 bridgehead atoms. The molecule has 184 valence electrons. The van der Waals surface area contributed by atoms with Crippen molar-refractivity contribution in [2.75, 3.05) is 25.5 Å². The van der Waals surface area contributed by atoms with Crippen LogP contribution in [0.25, 0.3) is 0 Å². The van der Waals surface area contributed by atoms with Crippen molar-refractivity contribution in [2.45, 2.75) is 62.4 Å². The van der Waals surface area contributed by atoms with Gasteiger partial charge < -0.3 is 5.32 Å². The molecule has 8 heteroatoms. The van der Waals surface area contributed by atoms with E-state index in [-0.39, 0.29) is 17.3 Å². The minimum atomic E-state index is -3.77. The van der Waals surface area contributed by atoms with Gasteiger partial charge in [-0.3, -0.25) is 9.69 Å². The van der Waals surface area contributed by atoms with Gasteiger partial charge in [-0.15, -0.1) is 0 Å². The standard InChI is InChI=1S/C26H34FN3O3S/c1-29(23-10-3-2-4-11-23)18-20-8-5-6-12-25(20)28-26(31)21-9-7-17-30(19-21)34(32,33)24-15-13-22(27)14-16-24/h5-6,8,12-16,21,23H,2-4,7,9-11,17-19H2,1H3,(H,28,31)/t21-/m0/s1. The lowest BCUT2D eigenvalue weighted by molar-refractivity contribution is -0.120. The number of nitrogens with one attached hydrogen (secondary N) is 1. The molecule has 0 spiro atoms. The zero-order valence-corrected chi connectivity index (χ0v) is 20.6. The number of amides is 1. The van der Waals surface area contributed by atoms with Crippen LogP contribution in [0.2, 0.25) is 0 Å². The van der Waals surface area contributed by atoms with Crippen LogP contribution in [0.15, 0.2) is 53.4 Å². The summed E-state index contributed by atoms with van der Waals surface area (Å²) in [6.45, 7) is 1.23. The summed E-state index contributed by atoms with van der Waals surface area (Å²) in [6.07, 6.45) is 7.51. The third-order valence-electron chi connectivity index (χ3n) is 7.10. The van der Waals surface area contributed by atoms with E-state index in [1.54, 1.807) is 0 Å². The number of piperidine rings is 1. The van der Waals surface area contributed by atoms with Crippen molar-refractivity contribution >= 4 is 21.6 Å². The molecule has 2 aliphatic rings. The van der Waals surface area contributed by atoms with Gasteiger partial charge in [0.1, 0.15) is 5.82 Å². The first-order chi connectivity index (χ1) is 16.3. The molecule has 2 aromatic carbocycles. The average molecular weight is 488 g/mol. The lowest BCUT2D eigenvalue weighted by atomic mass is 9.94. The molecule has 6 nitrogen and oxygen atoms in total. The molecule has 0 unspecified atom stereocenters. The summed E-state index contributed by atoms with van der Waals surface area (Å²) in [5, 5.41) is 3.07. The average Bonchev–Trinajstić information content (AvgIpc) is 2.86. The lowest BCUT2D eigenvalue weighted by Crippen LogP contribution is -2.43. The Morgan fingerprint density at radius 2 is 1.74 bits per heavy atom. The van der Waals surface area contributed by atoms with E-state index in [4.69, 9.17) is 0 Å². The van der Waals surface area contributed by atoms with Crippen molar-refractivity contribution in [3.63, 3.8) is 0 Å². The van der Waals surface area contributed by atoms with Gasteiger partial charge in [0.2, 0.25) is 15.9 Å². The zero-order valence-electron chi connectivity index (χ0n) is 19.7. The minimum Gasteiger partial charge on any atom is -0.326 e. The second-order valence-corrected chi connectivity index (χ2v) is 11.4. The summed E-state index contributed by atoms with van der Waals surface area (Å²) < 4.78 is 40.6. The second kappa shape index (κ2) is 11.0. The van der Waals surface area contributed by atoms with Crippen molar-refractivity contribution in [1.82, 2.24) is 9.21 Å². The first-order valence-corrected chi connectivity index (χ1v) is 13.6. The third kappa shape index (κ3) is 5.85. The van der Waals surface area contributed by atoms with Crippen LogP contribution in [-0.2, 0) is 21.4 Å². The van der Waals surface area contributed by atoms with E-state index in [9.17, 15) is 17.6 Å². The summed E-state index contributed by atoms with van der Waals surface area (Å²) >= 11 is 0. The van der Waals surface area contributed by atoms with Crippen LogP contribution in [0, 0.1) is 11.7 Å². The van der Waals surface area contributed by atoms with Gasteiger partial charge in [-0.25, -0.2) is 12.8 Å². The fourth-order valence-corrected chi connectivity index (χ4v) is 6.59. The van der Waals surface area contributed by atoms with Crippen LogP contribution >= 0.6 is 0 Å². The smallest absolute Gasteiger partial charge is 0.243 e. The maximum absolute atomic E-state index is 13.2. The van der Waals surface area contributed by atoms with Crippen LogP contribution in [-0.4, -0.2) is 49.7 Å². The highest BCUT2D eigenvalue weighted by atomic mass is 32.2. The number of sulfonamides is 1. The Bertz CT molecular complexity index is 1080. The molecule has 1 aliphatic heterocycles. The number of carbonyl (C=O) groups excluding carboxylic acids is 1. The zero-order chi connectivity index (χ0) is 24.1. The van der Waals surface area contributed by atoms with Gasteiger partial charge in [0.25, 0.3) is 0 Å². The summed E-state index contributed by atoms with van der Waals surface area (Å²) in [5.74, 6) is -1.08. The van der Waals surface area contributed by atoms with E-state index in [1.807, 2.05) is 24.3 Å². The Kier molecular flexibility index (Phi) is 8.01. The van der Waals surface area contributed by atoms with Crippen LogP contribution in [0.3, 0.4) is 0 Å². The Labute approximate surface area is 202 Å². The van der Waals surface area contributed by atoms with Crippen molar-refractivity contribution < 1.29 is 17.6 Å². The SMILES string of the molecule is CN(Cc1ccccc1NC(=O)[C@H]1CCCN(S(=O)(=O)c2ccc(F)cc2)C1)C1CCCCC1. The number of benzene rings is 2. The van der Waals surface area contributed by atoms with Gasteiger partial charge in [0.15, 0.2) is 0 Å². The fourth-order valence-electron chi connectivity index (χ4n) is 5.06. The Morgan fingerprint density at radius 3 is 2.47 bits per heavy atom. The molecular weight excluding hydrogens is 453 g/mol. The van der Waals surface area contributed by atoms with Crippen LogP contribution in [0.1, 0.15) is 50.5 Å². The number of carbonyl (C=O) groups is 1. The first-order valence-electron chi connectivity index (χ1n) is 12.2. The molecule has 34 heavy (non-hydrogen) atoms. The highest BCUT2D eigenvalue weighted by molar-refractivity contribution is 7.89. The highest BCUT2D eigenvalue weighted by Gasteiger charge is 2.33. The van der Waals surface area contributed by atoms with Crippen LogP contribution in [0.5, 0.6) is 0 Å². The fraction of sp³-hybridized carbons (Fsp3) is 0.500. The number of para-hydroxylation sites is 1. The van der Waals surface area contributed by atoms with E-state index in [0.717, 1.165) is 29.9 Å². The van der Waals surface area contributed by atoms with E-state index in [1.165, 1.54) is 48.5 Å². The van der Waals surface area contributed by atoms with Crippen molar-refractivity contribution in [3.05, 3.63) is 59.9 Å². The molecule has 1 N–H and O–H groups in total. The van der Waals surface area contributed by atoms with E-state index in [0.29, 0.717) is 25.4 Å². The Hall–Kier alpha value is -2.29. The molecule has 1 saturated heterocycles. The van der Waals surface area contributed by atoms with Crippen LogP contribution < -0.4 is 5.32 Å². The molecule has 1 amide bonds. The largest absolute Gasteiger partial charge is 0.326 e. The predicted octanol–water partition coefficient (Wildman–Crippen LogP) is 4.63. The monoisotopic (exact) mass is 487 g/mol. The molecule has 0 aromatic heterocycles. The van der Waals surface area contributed by atoms with Gasteiger partial charge >= 0.3 is 0 Å². The topological polar surface area (TPSA) is 69.7 Å². The van der Waals surface area contributed by atoms with Gasteiger partial charge in [-0.05, 0) is 68.6 Å². The highest BCUT2D eigenvalue weighted by Crippen LogP contribution is 2.27. The number of halogens is 1. The number of anilines is 1. The molecule has 1 heterocycles. The van der Waals surface area contributed by atoms with E-state index in [2.05, 4.69) is 17.3 Å². The normalized spacial score (nSPS) is 20.4. The maximum atomic E-state index is 13.2. The number of hydrogen-bond donors (Lipinski definition) is 1. The predicted molar refractivity (Wildman–Crippen MR) is 131 cm³/mol. The quantitative estimate of drug-likeness (QED) is 0.618. The summed E-state index contributed by atoms with van der Waals surface area (Å²) in [6, 6.07) is 13.2. The number of nitrogens with zero attached hydrogens (tertiary/aromatic N) is 2. The van der Waals surface area contributed by atoms with Crippen molar-refractivity contribution in [1.29, 1.82) is 0 Å². The Balaban J connectivity index is 1.42. The molecular formula is C26H34FN3O3S. The molecule has 4 rings (SSSR count). The molecule has 2 fully saturated rings. The molecule has 1 atom stereocenters. The van der Waals surface area contributed by atoms with Gasteiger partial charge in [-0.1, -0.05) is 37.5 Å². The van der Waals surface area contributed by atoms with Crippen LogP contribution in [0.4, 0.5) is 10.1 Å². The third-order valence-corrected chi connectivity index (χ3v) is 8.98. The van der Waals surface area contributed by atoms with Crippen molar-refractivity contribution in [3.8, 4) is 0 Å². The minimum absolute atomic E-state index is 0.0473. The lowest BCUT2D eigenvalue weighted by Gasteiger charge is -2.32. The summed E-state index contributed by atoms with van der Waals surface area (Å²) in [4.78, 5) is 15.6. The molecule has 0 radical (unpaired) electrons. The van der Waals surface area contributed by atoms with Crippen molar-refractivity contribution in [2.24, 2.45) is 5.92 Å². The second-order valence-electron chi connectivity index (χ2n) is 9.51. The van der Waals surface area contributed by atoms with E-state index < -0.39 is 21.8 Å². The maximum Gasteiger partial charge on any atom is 0.243 e. The Morgan fingerprint density at radius 1 is 1.03 bits per heavy atom. The number of hydrogen-bond acceptors (Lipinski definition) is 4.